The lowest BCUT2D eigenvalue weighted by molar-refractivity contribution is 0.490. The first-order valence-corrected chi connectivity index (χ1v) is 12.4. The van der Waals surface area contributed by atoms with Crippen molar-refractivity contribution in [1.82, 2.24) is 29.6 Å². The third-order valence-electron chi connectivity index (χ3n) is 7.33. The zero-order chi connectivity index (χ0) is 25.1. The number of benzene rings is 1. The van der Waals surface area contributed by atoms with Crippen LogP contribution in [0, 0.1) is 11.3 Å². The molecule has 2 N–H and O–H groups in total. The Morgan fingerprint density at radius 2 is 2.06 bits per heavy atom. The minimum atomic E-state index is -0.765. The van der Waals surface area contributed by atoms with Crippen LogP contribution in [-0.4, -0.2) is 30.9 Å². The van der Waals surface area contributed by atoms with E-state index in [4.69, 9.17) is 9.97 Å². The van der Waals surface area contributed by atoms with Gasteiger partial charge in [0.15, 0.2) is 11.5 Å². The number of nitrogens with one attached hydrogen (secondary N) is 2. The fourth-order valence-corrected chi connectivity index (χ4v) is 5.13. The van der Waals surface area contributed by atoms with Gasteiger partial charge in [0.25, 0.3) is 5.56 Å². The van der Waals surface area contributed by atoms with Gasteiger partial charge in [-0.2, -0.15) is 10.2 Å². The van der Waals surface area contributed by atoms with Crippen molar-refractivity contribution in [1.29, 1.82) is 5.26 Å². The number of aromatic nitrogens is 5. The molecule has 9 heteroatoms. The molecule has 1 saturated carbocycles. The van der Waals surface area contributed by atoms with E-state index in [2.05, 4.69) is 39.9 Å². The van der Waals surface area contributed by atoms with E-state index in [1.54, 1.807) is 15.6 Å². The second-order valence-electron chi connectivity index (χ2n) is 10.1. The van der Waals surface area contributed by atoms with Gasteiger partial charge in [-0.15, -0.1) is 0 Å². The molecule has 0 saturated heterocycles. The van der Waals surface area contributed by atoms with Gasteiger partial charge in [-0.1, -0.05) is 12.1 Å². The van der Waals surface area contributed by atoms with Gasteiger partial charge in [0.05, 0.1) is 17.2 Å². The summed E-state index contributed by atoms with van der Waals surface area (Å²) in [5.41, 5.74) is 4.01. The molecule has 0 bridgehead atoms. The Morgan fingerprint density at radius 3 is 2.81 bits per heavy atom. The minimum absolute atomic E-state index is 0.179. The molecular weight excluding hydrogens is 452 g/mol. The van der Waals surface area contributed by atoms with Crippen LogP contribution in [0.3, 0.4) is 0 Å². The number of fused-ring (bicyclic) bond motifs is 3. The lowest BCUT2D eigenvalue weighted by atomic mass is 9.91. The molecule has 3 aromatic heterocycles. The zero-order valence-corrected chi connectivity index (χ0v) is 20.7. The maximum Gasteiger partial charge on any atom is 0.278 e. The molecule has 0 atom stereocenters. The summed E-state index contributed by atoms with van der Waals surface area (Å²) >= 11 is 0. The molecule has 4 aromatic rings. The van der Waals surface area contributed by atoms with Crippen molar-refractivity contribution in [2.75, 3.05) is 11.9 Å². The zero-order valence-electron chi connectivity index (χ0n) is 20.7. The molecule has 0 radical (unpaired) electrons. The normalized spacial score (nSPS) is 16.1. The fraction of sp³-hybridized carbons (Fsp3) is 0.370. The molecule has 182 valence electrons. The van der Waals surface area contributed by atoms with Gasteiger partial charge in [-0.3, -0.25) is 4.79 Å². The van der Waals surface area contributed by atoms with Crippen molar-refractivity contribution in [3.8, 4) is 11.9 Å². The topological polar surface area (TPSA) is 113 Å². The van der Waals surface area contributed by atoms with E-state index in [0.29, 0.717) is 35.0 Å². The Bertz CT molecular complexity index is 1600. The molecule has 1 aromatic carbocycles. The fourth-order valence-electron chi connectivity index (χ4n) is 5.13. The maximum atomic E-state index is 13.1. The molecule has 2 aliphatic rings. The average molecular weight is 481 g/mol. The first-order valence-electron chi connectivity index (χ1n) is 12.4. The average Bonchev–Trinajstić information content (AvgIpc) is 3.60. The lowest BCUT2D eigenvalue weighted by Gasteiger charge is -2.27. The Labute approximate surface area is 208 Å². The van der Waals surface area contributed by atoms with Crippen LogP contribution in [0.2, 0.25) is 0 Å². The quantitative estimate of drug-likeness (QED) is 0.448. The van der Waals surface area contributed by atoms with Gasteiger partial charge in [-0.25, -0.2) is 19.3 Å². The van der Waals surface area contributed by atoms with Gasteiger partial charge < -0.3 is 10.6 Å². The SMILES string of the molecule is CCn1c(=O)c2cnc(Nc3ccc4c(c3)CCNC43CC3)nc2n1-c1cccc(C(C)(C)C#N)n1. The van der Waals surface area contributed by atoms with Crippen molar-refractivity contribution in [2.24, 2.45) is 0 Å². The number of hydrogen-bond donors (Lipinski definition) is 2. The third kappa shape index (κ3) is 3.48. The predicted molar refractivity (Wildman–Crippen MR) is 138 cm³/mol. The number of nitriles is 1. The Kier molecular flexibility index (Phi) is 4.99. The van der Waals surface area contributed by atoms with Crippen LogP contribution in [-0.2, 0) is 23.9 Å². The van der Waals surface area contributed by atoms with E-state index in [-0.39, 0.29) is 11.1 Å². The molecular formula is C27H28N8O. The summed E-state index contributed by atoms with van der Waals surface area (Å²) < 4.78 is 3.31. The second-order valence-corrected chi connectivity index (χ2v) is 10.1. The Morgan fingerprint density at radius 1 is 1.22 bits per heavy atom. The monoisotopic (exact) mass is 480 g/mol. The molecule has 1 spiro atoms. The first kappa shape index (κ1) is 22.4. The van der Waals surface area contributed by atoms with Gasteiger partial charge in [0.1, 0.15) is 5.39 Å². The van der Waals surface area contributed by atoms with Crippen molar-refractivity contribution < 1.29 is 0 Å². The number of nitrogens with zero attached hydrogens (tertiary/aromatic N) is 6. The summed E-state index contributed by atoms with van der Waals surface area (Å²) in [4.78, 5) is 27.1. The van der Waals surface area contributed by atoms with Crippen LogP contribution in [0.1, 0.15) is 50.4 Å². The molecule has 36 heavy (non-hydrogen) atoms. The van der Waals surface area contributed by atoms with Gasteiger partial charge in [-0.05, 0) is 75.4 Å². The number of pyridine rings is 1. The van der Waals surface area contributed by atoms with Crippen LogP contribution in [0.25, 0.3) is 16.9 Å². The van der Waals surface area contributed by atoms with Crippen LogP contribution < -0.4 is 16.2 Å². The van der Waals surface area contributed by atoms with Gasteiger partial charge in [0.2, 0.25) is 5.95 Å². The highest BCUT2D eigenvalue weighted by Gasteiger charge is 2.46. The summed E-state index contributed by atoms with van der Waals surface area (Å²) in [6.45, 7) is 6.98. The molecule has 1 aliphatic heterocycles. The van der Waals surface area contributed by atoms with E-state index in [9.17, 15) is 10.1 Å². The van der Waals surface area contributed by atoms with Crippen molar-refractivity contribution >= 4 is 22.7 Å². The van der Waals surface area contributed by atoms with Gasteiger partial charge >= 0.3 is 0 Å². The van der Waals surface area contributed by atoms with E-state index >= 15 is 0 Å². The second kappa shape index (κ2) is 8.00. The Balaban J connectivity index is 1.42. The Hall–Kier alpha value is -4.03. The summed E-state index contributed by atoms with van der Waals surface area (Å²) in [7, 11) is 0. The van der Waals surface area contributed by atoms with E-state index in [0.717, 1.165) is 18.7 Å². The highest BCUT2D eigenvalue weighted by atomic mass is 16.1. The summed E-state index contributed by atoms with van der Waals surface area (Å²) in [5, 5.41) is 17.0. The predicted octanol–water partition coefficient (Wildman–Crippen LogP) is 3.68. The lowest BCUT2D eigenvalue weighted by Crippen LogP contribution is -2.36. The van der Waals surface area contributed by atoms with Gasteiger partial charge in [0, 0.05) is 30.5 Å². The summed E-state index contributed by atoms with van der Waals surface area (Å²) in [5.74, 6) is 0.943. The molecule has 4 heterocycles. The van der Waals surface area contributed by atoms with Crippen LogP contribution in [0.4, 0.5) is 11.6 Å². The molecule has 0 unspecified atom stereocenters. The summed E-state index contributed by atoms with van der Waals surface area (Å²) in [6, 6.07) is 14.2. The minimum Gasteiger partial charge on any atom is -0.324 e. The molecule has 9 nitrogen and oxygen atoms in total. The van der Waals surface area contributed by atoms with Crippen LogP contribution in [0.5, 0.6) is 0 Å². The van der Waals surface area contributed by atoms with Crippen molar-refractivity contribution in [2.45, 2.75) is 57.5 Å². The van der Waals surface area contributed by atoms with Crippen LogP contribution >= 0.6 is 0 Å². The molecule has 0 amide bonds. The highest BCUT2D eigenvalue weighted by molar-refractivity contribution is 5.77. The molecule has 1 aliphatic carbocycles. The first-order chi connectivity index (χ1) is 17.3. The highest BCUT2D eigenvalue weighted by Crippen LogP contribution is 2.48. The third-order valence-corrected chi connectivity index (χ3v) is 7.33. The number of rotatable bonds is 5. The largest absolute Gasteiger partial charge is 0.324 e. The maximum absolute atomic E-state index is 13.1. The van der Waals surface area contributed by atoms with E-state index in [1.165, 1.54) is 24.0 Å². The number of hydrogen-bond acceptors (Lipinski definition) is 7. The van der Waals surface area contributed by atoms with E-state index in [1.807, 2.05) is 39.0 Å². The summed E-state index contributed by atoms with van der Waals surface area (Å²) in [6.07, 6.45) is 4.95. The van der Waals surface area contributed by atoms with Crippen molar-refractivity contribution in [3.63, 3.8) is 0 Å². The standard InChI is InChI=1S/C27H28N8O/c1-4-34-24(36)19-15-29-25(31-18-8-9-20-17(14-18)10-13-30-27(20)11-12-27)33-23(19)35(34)22-7-5-6-21(32-22)26(2,3)16-28/h5-9,14-15,30H,4,10-13H2,1-3H3,(H,29,31,33). The molecule has 6 rings (SSSR count). The van der Waals surface area contributed by atoms with E-state index < -0.39 is 5.41 Å². The molecule has 1 fully saturated rings. The van der Waals surface area contributed by atoms with Crippen molar-refractivity contribution in [3.05, 3.63) is 69.8 Å². The number of anilines is 2. The van der Waals surface area contributed by atoms with Crippen LogP contribution in [0.15, 0.2) is 47.4 Å². The smallest absolute Gasteiger partial charge is 0.278 e.